The fourth-order valence-electron chi connectivity index (χ4n) is 1.27. The third-order valence-electron chi connectivity index (χ3n) is 1.94. The molecule has 0 radical (unpaired) electrons. The lowest BCUT2D eigenvalue weighted by atomic mass is 10.2. The van der Waals surface area contributed by atoms with Crippen LogP contribution in [0.5, 0.6) is 5.75 Å². The normalized spacial score (nSPS) is 11.3. The summed E-state index contributed by atoms with van der Waals surface area (Å²) in [4.78, 5) is 11.5. The molecule has 1 rings (SSSR count). The van der Waals surface area contributed by atoms with Crippen molar-refractivity contribution in [2.24, 2.45) is 5.73 Å². The first-order chi connectivity index (χ1) is 7.52. The van der Waals surface area contributed by atoms with Crippen LogP contribution in [0.15, 0.2) is 22.7 Å². The van der Waals surface area contributed by atoms with E-state index in [1.165, 1.54) is 0 Å². The summed E-state index contributed by atoms with van der Waals surface area (Å²) in [6, 6.07) is 5.27. The molecular formula is C11H16BrClN2O2. The number of anilines is 1. The van der Waals surface area contributed by atoms with E-state index in [9.17, 15) is 4.79 Å². The predicted octanol–water partition coefficient (Wildman–Crippen LogP) is 2.56. The van der Waals surface area contributed by atoms with Gasteiger partial charge < -0.3 is 15.8 Å². The third-order valence-corrected chi connectivity index (χ3v) is 2.44. The van der Waals surface area contributed by atoms with E-state index < -0.39 is 0 Å². The molecular weight excluding hydrogens is 307 g/mol. The summed E-state index contributed by atoms with van der Waals surface area (Å²) in [5.41, 5.74) is 6.19. The molecule has 0 aliphatic heterocycles. The molecule has 0 aliphatic rings. The largest absolute Gasteiger partial charge is 0.495 e. The number of halogens is 2. The zero-order chi connectivity index (χ0) is 12.1. The quantitative estimate of drug-likeness (QED) is 0.895. The van der Waals surface area contributed by atoms with Gasteiger partial charge in [-0.2, -0.15) is 0 Å². The van der Waals surface area contributed by atoms with Crippen molar-refractivity contribution in [2.45, 2.75) is 19.4 Å². The molecule has 0 spiro atoms. The van der Waals surface area contributed by atoms with Gasteiger partial charge in [-0.05, 0) is 25.1 Å². The van der Waals surface area contributed by atoms with Crippen LogP contribution in [0.3, 0.4) is 0 Å². The second-order valence-electron chi connectivity index (χ2n) is 3.57. The van der Waals surface area contributed by atoms with E-state index in [0.717, 1.165) is 4.47 Å². The van der Waals surface area contributed by atoms with Gasteiger partial charge in [-0.25, -0.2) is 0 Å². The highest BCUT2D eigenvalue weighted by molar-refractivity contribution is 9.10. The molecule has 0 bridgehead atoms. The van der Waals surface area contributed by atoms with Gasteiger partial charge in [0.1, 0.15) is 5.75 Å². The van der Waals surface area contributed by atoms with E-state index in [-0.39, 0.29) is 30.8 Å². The second-order valence-corrected chi connectivity index (χ2v) is 4.49. The minimum Gasteiger partial charge on any atom is -0.495 e. The van der Waals surface area contributed by atoms with Crippen LogP contribution < -0.4 is 15.8 Å². The number of methoxy groups -OCH3 is 1. The van der Waals surface area contributed by atoms with E-state index in [2.05, 4.69) is 21.2 Å². The number of carbonyl (C=O) groups excluding carboxylic acids is 1. The van der Waals surface area contributed by atoms with Gasteiger partial charge in [0.25, 0.3) is 0 Å². The van der Waals surface area contributed by atoms with E-state index in [4.69, 9.17) is 10.5 Å². The van der Waals surface area contributed by atoms with Crippen LogP contribution in [0.2, 0.25) is 0 Å². The van der Waals surface area contributed by atoms with Crippen molar-refractivity contribution < 1.29 is 9.53 Å². The van der Waals surface area contributed by atoms with Crippen molar-refractivity contribution in [3.63, 3.8) is 0 Å². The fraction of sp³-hybridized carbons (Fsp3) is 0.364. The van der Waals surface area contributed by atoms with Crippen molar-refractivity contribution >= 4 is 39.9 Å². The Labute approximate surface area is 115 Å². The molecule has 1 amide bonds. The van der Waals surface area contributed by atoms with Gasteiger partial charge in [-0.3, -0.25) is 4.79 Å². The van der Waals surface area contributed by atoms with Gasteiger partial charge in [0.05, 0.1) is 12.8 Å². The molecule has 17 heavy (non-hydrogen) atoms. The van der Waals surface area contributed by atoms with Crippen molar-refractivity contribution in [3.05, 3.63) is 22.7 Å². The van der Waals surface area contributed by atoms with Gasteiger partial charge in [0.15, 0.2) is 0 Å². The van der Waals surface area contributed by atoms with E-state index >= 15 is 0 Å². The van der Waals surface area contributed by atoms with Crippen LogP contribution >= 0.6 is 28.3 Å². The summed E-state index contributed by atoms with van der Waals surface area (Å²) in [6.45, 7) is 1.79. The standard InChI is InChI=1S/C11H15BrN2O2.ClH/c1-7(13)5-11(15)14-9-6-8(12)3-4-10(9)16-2;/h3-4,6-7H,5,13H2,1-2H3,(H,14,15);1H. The Kier molecular flexibility index (Phi) is 7.18. The Morgan fingerprint density at radius 2 is 2.24 bits per heavy atom. The molecule has 6 heteroatoms. The van der Waals surface area contributed by atoms with Gasteiger partial charge in [0.2, 0.25) is 5.91 Å². The number of benzene rings is 1. The number of rotatable bonds is 4. The second kappa shape index (κ2) is 7.53. The van der Waals surface area contributed by atoms with Crippen LogP contribution in [-0.2, 0) is 4.79 Å². The Morgan fingerprint density at radius 3 is 2.76 bits per heavy atom. The molecule has 1 aromatic rings. The monoisotopic (exact) mass is 322 g/mol. The number of hydrogen-bond donors (Lipinski definition) is 2. The minimum atomic E-state index is -0.154. The number of amides is 1. The lowest BCUT2D eigenvalue weighted by Crippen LogP contribution is -2.24. The molecule has 3 N–H and O–H groups in total. The summed E-state index contributed by atoms with van der Waals surface area (Å²) < 4.78 is 6.02. The van der Waals surface area contributed by atoms with E-state index in [1.807, 2.05) is 6.07 Å². The fourth-order valence-corrected chi connectivity index (χ4v) is 1.63. The third kappa shape index (κ3) is 5.39. The SMILES string of the molecule is COc1ccc(Br)cc1NC(=O)CC(C)N.Cl. The molecule has 1 unspecified atom stereocenters. The summed E-state index contributed by atoms with van der Waals surface area (Å²) in [5.74, 6) is 0.507. The van der Waals surface area contributed by atoms with Gasteiger partial charge in [-0.15, -0.1) is 12.4 Å². The van der Waals surface area contributed by atoms with Crippen LogP contribution in [0.4, 0.5) is 5.69 Å². The predicted molar refractivity (Wildman–Crippen MR) is 74.8 cm³/mol. The topological polar surface area (TPSA) is 64.3 Å². The van der Waals surface area contributed by atoms with Crippen LogP contribution in [-0.4, -0.2) is 19.1 Å². The number of nitrogens with one attached hydrogen (secondary N) is 1. The molecule has 0 heterocycles. The first kappa shape index (κ1) is 16.2. The summed E-state index contributed by atoms with van der Waals surface area (Å²) in [6.07, 6.45) is 0.287. The van der Waals surface area contributed by atoms with Crippen molar-refractivity contribution in [3.8, 4) is 5.75 Å². The lowest BCUT2D eigenvalue weighted by Gasteiger charge is -2.11. The van der Waals surface area contributed by atoms with Crippen LogP contribution in [0.25, 0.3) is 0 Å². The Bertz CT molecular complexity index is 386. The number of ether oxygens (including phenoxy) is 1. The van der Waals surface area contributed by atoms with Crippen LogP contribution in [0.1, 0.15) is 13.3 Å². The van der Waals surface area contributed by atoms with Gasteiger partial charge in [-0.1, -0.05) is 15.9 Å². The first-order valence-electron chi connectivity index (χ1n) is 4.92. The molecule has 0 aromatic heterocycles. The maximum absolute atomic E-state index is 11.5. The smallest absolute Gasteiger partial charge is 0.226 e. The van der Waals surface area contributed by atoms with Crippen LogP contribution in [0, 0.1) is 0 Å². The van der Waals surface area contributed by atoms with E-state index in [0.29, 0.717) is 11.4 Å². The van der Waals surface area contributed by atoms with Crippen molar-refractivity contribution in [2.75, 3.05) is 12.4 Å². The Balaban J connectivity index is 0.00000256. The molecule has 0 fully saturated rings. The molecule has 0 saturated heterocycles. The molecule has 1 atom stereocenters. The highest BCUT2D eigenvalue weighted by Gasteiger charge is 2.09. The highest BCUT2D eigenvalue weighted by atomic mass is 79.9. The zero-order valence-electron chi connectivity index (χ0n) is 9.70. The molecule has 4 nitrogen and oxygen atoms in total. The number of nitrogens with two attached hydrogens (primary N) is 1. The van der Waals surface area contributed by atoms with Gasteiger partial charge >= 0.3 is 0 Å². The number of carbonyl (C=O) groups is 1. The first-order valence-corrected chi connectivity index (χ1v) is 5.71. The molecule has 1 aromatic carbocycles. The van der Waals surface area contributed by atoms with Gasteiger partial charge in [0, 0.05) is 16.9 Å². The summed E-state index contributed by atoms with van der Waals surface area (Å²) in [5, 5.41) is 2.76. The lowest BCUT2D eigenvalue weighted by molar-refractivity contribution is -0.116. The maximum Gasteiger partial charge on any atom is 0.226 e. The average molecular weight is 324 g/mol. The zero-order valence-corrected chi connectivity index (χ0v) is 12.1. The minimum absolute atomic E-state index is 0. The Hall–Kier alpha value is -0.780. The van der Waals surface area contributed by atoms with Crippen molar-refractivity contribution in [1.82, 2.24) is 0 Å². The van der Waals surface area contributed by atoms with Crippen molar-refractivity contribution in [1.29, 1.82) is 0 Å². The Morgan fingerprint density at radius 1 is 1.59 bits per heavy atom. The number of hydrogen-bond acceptors (Lipinski definition) is 3. The molecule has 0 aliphatic carbocycles. The summed E-state index contributed by atoms with van der Waals surface area (Å²) in [7, 11) is 1.56. The maximum atomic E-state index is 11.5. The van der Waals surface area contributed by atoms with E-state index in [1.54, 1.807) is 26.2 Å². The highest BCUT2D eigenvalue weighted by Crippen LogP contribution is 2.27. The summed E-state index contributed by atoms with van der Waals surface area (Å²) >= 11 is 3.33. The molecule has 96 valence electrons. The average Bonchev–Trinajstić information content (AvgIpc) is 2.16. The molecule has 0 saturated carbocycles.